The van der Waals surface area contributed by atoms with Crippen LogP contribution in [0, 0.1) is 0 Å². The van der Waals surface area contributed by atoms with Crippen LogP contribution in [0.1, 0.15) is 24.5 Å². The van der Waals surface area contributed by atoms with Crippen molar-refractivity contribution in [2.75, 3.05) is 18.4 Å². The van der Waals surface area contributed by atoms with Crippen molar-refractivity contribution in [3.63, 3.8) is 0 Å². The number of thiazole rings is 1. The lowest BCUT2D eigenvalue weighted by Gasteiger charge is -2.22. The van der Waals surface area contributed by atoms with Gasteiger partial charge in [0.1, 0.15) is 0 Å². The molecule has 1 aliphatic rings. The lowest BCUT2D eigenvalue weighted by Crippen LogP contribution is -2.27. The fourth-order valence-electron chi connectivity index (χ4n) is 2.93. The topological polar surface area (TPSA) is 62.7 Å². The number of nitrogens with one attached hydrogen (secondary N) is 2. The molecule has 3 aromatic rings. The summed E-state index contributed by atoms with van der Waals surface area (Å²) in [6.45, 7) is 2.10. The second-order valence-electron chi connectivity index (χ2n) is 5.87. The summed E-state index contributed by atoms with van der Waals surface area (Å²) in [5.41, 5.74) is 2.25. The maximum Gasteiger partial charge on any atom is 0.188 e. The van der Waals surface area contributed by atoms with Crippen molar-refractivity contribution in [2.24, 2.45) is 0 Å². The Morgan fingerprint density at radius 3 is 2.71 bits per heavy atom. The molecule has 1 aliphatic heterocycles. The highest BCUT2D eigenvalue weighted by Crippen LogP contribution is 2.30. The first-order valence-corrected chi connectivity index (χ1v) is 9.01. The predicted octanol–water partition coefficient (Wildman–Crippen LogP) is 3.81. The summed E-state index contributed by atoms with van der Waals surface area (Å²) in [6, 6.07) is 10.3. The molecule has 5 nitrogen and oxygen atoms in total. The molecule has 1 saturated heterocycles. The zero-order valence-corrected chi connectivity index (χ0v) is 14.1. The number of hydrogen-bond donors (Lipinski definition) is 2. The van der Waals surface area contributed by atoms with E-state index < -0.39 is 0 Å². The zero-order chi connectivity index (χ0) is 16.2. The molecule has 0 atom stereocenters. The number of benzene rings is 1. The molecule has 0 amide bonds. The summed E-state index contributed by atoms with van der Waals surface area (Å²) in [7, 11) is 0. The van der Waals surface area contributed by atoms with E-state index in [9.17, 15) is 0 Å². The van der Waals surface area contributed by atoms with Crippen molar-refractivity contribution in [2.45, 2.75) is 18.8 Å². The monoisotopic (exact) mass is 337 g/mol. The van der Waals surface area contributed by atoms with Crippen LogP contribution in [-0.4, -0.2) is 28.0 Å². The number of rotatable bonds is 4. The molecule has 122 valence electrons. The maximum absolute atomic E-state index is 4.74. The van der Waals surface area contributed by atoms with Crippen molar-refractivity contribution in [1.82, 2.24) is 20.3 Å². The normalized spacial score (nSPS) is 15.3. The first-order valence-electron chi connectivity index (χ1n) is 8.19. The van der Waals surface area contributed by atoms with Gasteiger partial charge >= 0.3 is 0 Å². The Morgan fingerprint density at radius 2 is 1.88 bits per heavy atom. The van der Waals surface area contributed by atoms with Crippen LogP contribution in [-0.2, 0) is 0 Å². The fourth-order valence-corrected chi connectivity index (χ4v) is 3.76. The van der Waals surface area contributed by atoms with E-state index in [2.05, 4.69) is 32.7 Å². The third kappa shape index (κ3) is 3.44. The number of piperidine rings is 1. The SMILES string of the molecule is c1ccc(-c2cnc(Nc3cncc(C4CCNCC4)n3)s2)cc1. The minimum atomic E-state index is 0.497. The van der Waals surface area contributed by atoms with E-state index in [0.717, 1.165) is 47.5 Å². The van der Waals surface area contributed by atoms with Gasteiger partial charge in [0.05, 0.1) is 16.8 Å². The Labute approximate surface area is 145 Å². The molecule has 24 heavy (non-hydrogen) atoms. The average molecular weight is 337 g/mol. The molecule has 6 heteroatoms. The van der Waals surface area contributed by atoms with Gasteiger partial charge < -0.3 is 10.6 Å². The highest BCUT2D eigenvalue weighted by Gasteiger charge is 2.17. The van der Waals surface area contributed by atoms with E-state index in [1.807, 2.05) is 30.6 Å². The largest absolute Gasteiger partial charge is 0.317 e. The molecular weight excluding hydrogens is 318 g/mol. The maximum atomic E-state index is 4.74. The zero-order valence-electron chi connectivity index (χ0n) is 13.3. The van der Waals surface area contributed by atoms with Crippen LogP contribution in [0.5, 0.6) is 0 Å². The number of hydrogen-bond acceptors (Lipinski definition) is 6. The molecule has 0 aliphatic carbocycles. The highest BCUT2D eigenvalue weighted by molar-refractivity contribution is 7.18. The summed E-state index contributed by atoms with van der Waals surface area (Å²) >= 11 is 1.62. The van der Waals surface area contributed by atoms with E-state index in [4.69, 9.17) is 4.98 Å². The smallest absolute Gasteiger partial charge is 0.188 e. The molecule has 2 aromatic heterocycles. The van der Waals surface area contributed by atoms with Gasteiger partial charge in [-0.1, -0.05) is 41.7 Å². The van der Waals surface area contributed by atoms with Crippen LogP contribution in [0.25, 0.3) is 10.4 Å². The molecule has 1 fully saturated rings. The number of anilines is 2. The molecule has 2 N–H and O–H groups in total. The van der Waals surface area contributed by atoms with Crippen molar-refractivity contribution in [1.29, 1.82) is 0 Å². The molecule has 4 rings (SSSR count). The van der Waals surface area contributed by atoms with Gasteiger partial charge in [-0.2, -0.15) is 0 Å². The molecule has 0 saturated carbocycles. The van der Waals surface area contributed by atoms with Crippen molar-refractivity contribution in [3.8, 4) is 10.4 Å². The van der Waals surface area contributed by atoms with Gasteiger partial charge in [-0.15, -0.1) is 0 Å². The Kier molecular flexibility index (Phi) is 4.49. The van der Waals surface area contributed by atoms with Gasteiger partial charge in [0.15, 0.2) is 10.9 Å². The third-order valence-corrected chi connectivity index (χ3v) is 5.17. The van der Waals surface area contributed by atoms with Crippen LogP contribution in [0.2, 0.25) is 0 Å². The van der Waals surface area contributed by atoms with Gasteiger partial charge in [-0.05, 0) is 31.5 Å². The standard InChI is InChI=1S/C18H19N5S/c1-2-4-14(5-3-1)16-11-21-18(24-16)23-17-12-20-10-15(22-17)13-6-8-19-9-7-13/h1-5,10-13,19H,6-9H2,(H,21,22,23). The van der Waals surface area contributed by atoms with E-state index in [1.165, 1.54) is 5.56 Å². The minimum Gasteiger partial charge on any atom is -0.317 e. The summed E-state index contributed by atoms with van der Waals surface area (Å²) in [5.74, 6) is 1.26. The molecule has 0 unspecified atom stereocenters. The Balaban J connectivity index is 1.50. The lowest BCUT2D eigenvalue weighted by molar-refractivity contribution is 0.452. The Bertz CT molecular complexity index is 796. The summed E-state index contributed by atoms with van der Waals surface area (Å²) in [6.07, 6.45) is 7.78. The molecule has 3 heterocycles. The summed E-state index contributed by atoms with van der Waals surface area (Å²) in [5, 5.41) is 7.52. The second kappa shape index (κ2) is 7.07. The Hall–Kier alpha value is -2.31. The van der Waals surface area contributed by atoms with Gasteiger partial charge in [0, 0.05) is 18.3 Å². The van der Waals surface area contributed by atoms with Crippen molar-refractivity contribution in [3.05, 3.63) is 54.6 Å². The van der Waals surface area contributed by atoms with Crippen molar-refractivity contribution >= 4 is 22.3 Å². The first-order chi connectivity index (χ1) is 11.9. The first kappa shape index (κ1) is 15.2. The van der Waals surface area contributed by atoms with E-state index in [-0.39, 0.29) is 0 Å². The predicted molar refractivity (Wildman–Crippen MR) is 97.7 cm³/mol. The van der Waals surface area contributed by atoms with E-state index >= 15 is 0 Å². The molecular formula is C18H19N5S. The van der Waals surface area contributed by atoms with Crippen LogP contribution in [0.4, 0.5) is 10.9 Å². The van der Waals surface area contributed by atoms with Crippen molar-refractivity contribution < 1.29 is 0 Å². The van der Waals surface area contributed by atoms with E-state index in [0.29, 0.717) is 5.92 Å². The second-order valence-corrected chi connectivity index (χ2v) is 6.90. The van der Waals surface area contributed by atoms with Crippen LogP contribution >= 0.6 is 11.3 Å². The van der Waals surface area contributed by atoms with Gasteiger partial charge in [0.2, 0.25) is 0 Å². The molecule has 0 spiro atoms. The van der Waals surface area contributed by atoms with Gasteiger partial charge in [0.25, 0.3) is 0 Å². The third-order valence-electron chi connectivity index (χ3n) is 4.21. The Morgan fingerprint density at radius 1 is 1.04 bits per heavy atom. The molecule has 0 radical (unpaired) electrons. The van der Waals surface area contributed by atoms with Crippen LogP contribution < -0.4 is 10.6 Å². The van der Waals surface area contributed by atoms with Crippen LogP contribution in [0.3, 0.4) is 0 Å². The molecule has 0 bridgehead atoms. The summed E-state index contributed by atoms with van der Waals surface area (Å²) in [4.78, 5) is 14.7. The van der Waals surface area contributed by atoms with Crippen LogP contribution in [0.15, 0.2) is 48.9 Å². The van der Waals surface area contributed by atoms with Gasteiger partial charge in [-0.3, -0.25) is 4.98 Å². The van der Waals surface area contributed by atoms with E-state index in [1.54, 1.807) is 17.5 Å². The minimum absolute atomic E-state index is 0.497. The fraction of sp³-hybridized carbons (Fsp3) is 0.278. The number of aromatic nitrogens is 3. The highest BCUT2D eigenvalue weighted by atomic mass is 32.1. The van der Waals surface area contributed by atoms with Gasteiger partial charge in [-0.25, -0.2) is 9.97 Å². The quantitative estimate of drug-likeness (QED) is 0.758. The lowest BCUT2D eigenvalue weighted by atomic mass is 9.95. The molecule has 1 aromatic carbocycles. The number of nitrogens with zero attached hydrogens (tertiary/aromatic N) is 3. The summed E-state index contributed by atoms with van der Waals surface area (Å²) < 4.78 is 0. The average Bonchev–Trinajstić information content (AvgIpc) is 3.12.